The van der Waals surface area contributed by atoms with E-state index >= 15 is 0 Å². The lowest BCUT2D eigenvalue weighted by Gasteiger charge is -2.15. The molecule has 0 saturated carbocycles. The standard InChI is InChI=1S/C16H15N3O2/c20-15(14-12-18-19-10-5-11-21-16(14)19)17-9-4-8-13-6-2-1-3-7-13/h1-3,6-7,12H,5,9-11H2,(H,17,20). The fourth-order valence-corrected chi connectivity index (χ4v) is 2.11. The molecule has 0 bridgehead atoms. The van der Waals surface area contributed by atoms with Crippen LogP contribution >= 0.6 is 0 Å². The van der Waals surface area contributed by atoms with Crippen LogP contribution in [0.2, 0.25) is 0 Å². The quantitative estimate of drug-likeness (QED) is 0.848. The second kappa shape index (κ2) is 6.14. The second-order valence-corrected chi connectivity index (χ2v) is 4.64. The number of ether oxygens (including phenoxy) is 1. The summed E-state index contributed by atoms with van der Waals surface area (Å²) in [5.41, 5.74) is 1.40. The summed E-state index contributed by atoms with van der Waals surface area (Å²) >= 11 is 0. The topological polar surface area (TPSA) is 56.2 Å². The fourth-order valence-electron chi connectivity index (χ4n) is 2.11. The maximum atomic E-state index is 12.1. The van der Waals surface area contributed by atoms with Gasteiger partial charge in [-0.1, -0.05) is 30.0 Å². The van der Waals surface area contributed by atoms with Gasteiger partial charge in [-0.3, -0.25) is 4.79 Å². The molecule has 1 aliphatic heterocycles. The van der Waals surface area contributed by atoms with E-state index in [1.807, 2.05) is 30.3 Å². The van der Waals surface area contributed by atoms with Crippen LogP contribution in [0.1, 0.15) is 22.3 Å². The van der Waals surface area contributed by atoms with E-state index in [-0.39, 0.29) is 5.91 Å². The molecular formula is C16H15N3O2. The van der Waals surface area contributed by atoms with Crippen LogP contribution in [0.5, 0.6) is 5.88 Å². The first kappa shape index (κ1) is 13.3. The van der Waals surface area contributed by atoms with Crippen LogP contribution in [-0.4, -0.2) is 28.8 Å². The van der Waals surface area contributed by atoms with Crippen LogP contribution in [0, 0.1) is 11.8 Å². The van der Waals surface area contributed by atoms with Gasteiger partial charge < -0.3 is 10.1 Å². The van der Waals surface area contributed by atoms with Gasteiger partial charge in [0.15, 0.2) is 0 Å². The number of carbonyl (C=O) groups excluding carboxylic acids is 1. The molecule has 0 unspecified atom stereocenters. The number of fused-ring (bicyclic) bond motifs is 1. The van der Waals surface area contributed by atoms with E-state index in [0.717, 1.165) is 18.5 Å². The normalized spacial score (nSPS) is 12.6. The number of nitrogens with zero attached hydrogens (tertiary/aromatic N) is 2. The number of carbonyl (C=O) groups is 1. The Kier molecular flexibility index (Phi) is 3.88. The number of rotatable bonds is 2. The van der Waals surface area contributed by atoms with Crippen molar-refractivity contribution in [2.24, 2.45) is 0 Å². The van der Waals surface area contributed by atoms with Crippen LogP contribution in [0.4, 0.5) is 0 Å². The average molecular weight is 281 g/mol. The fraction of sp³-hybridized carbons (Fsp3) is 0.250. The van der Waals surface area contributed by atoms with Gasteiger partial charge in [-0.25, -0.2) is 4.68 Å². The first-order valence-electron chi connectivity index (χ1n) is 6.85. The summed E-state index contributed by atoms with van der Waals surface area (Å²) in [6.45, 7) is 1.70. The molecule has 2 aromatic rings. The zero-order valence-electron chi connectivity index (χ0n) is 11.5. The van der Waals surface area contributed by atoms with E-state index in [1.165, 1.54) is 0 Å². The third-order valence-electron chi connectivity index (χ3n) is 3.13. The molecule has 1 aliphatic rings. The molecule has 0 fully saturated rings. The number of nitrogens with one attached hydrogen (secondary N) is 1. The van der Waals surface area contributed by atoms with Crippen molar-refractivity contribution in [3.63, 3.8) is 0 Å². The molecule has 5 nitrogen and oxygen atoms in total. The highest BCUT2D eigenvalue weighted by molar-refractivity contribution is 5.96. The molecule has 2 heterocycles. The highest BCUT2D eigenvalue weighted by Crippen LogP contribution is 2.21. The van der Waals surface area contributed by atoms with Crippen LogP contribution < -0.4 is 10.1 Å². The first-order chi connectivity index (χ1) is 10.3. The number of aryl methyl sites for hydroxylation is 1. The Bertz CT molecular complexity index is 695. The Morgan fingerprint density at radius 1 is 1.38 bits per heavy atom. The van der Waals surface area contributed by atoms with Gasteiger partial charge in [-0.15, -0.1) is 0 Å². The summed E-state index contributed by atoms with van der Waals surface area (Å²) in [7, 11) is 0. The zero-order valence-corrected chi connectivity index (χ0v) is 11.5. The molecule has 0 saturated heterocycles. The van der Waals surface area contributed by atoms with E-state index in [9.17, 15) is 4.79 Å². The number of benzene rings is 1. The Hall–Kier alpha value is -2.74. The van der Waals surface area contributed by atoms with Crippen molar-refractivity contribution in [2.45, 2.75) is 13.0 Å². The lowest BCUT2D eigenvalue weighted by Crippen LogP contribution is -2.25. The minimum atomic E-state index is -0.208. The molecule has 0 spiro atoms. The number of hydrogen-bond donors (Lipinski definition) is 1. The van der Waals surface area contributed by atoms with Gasteiger partial charge in [0.25, 0.3) is 5.91 Å². The summed E-state index contributed by atoms with van der Waals surface area (Å²) in [6.07, 6.45) is 2.46. The third kappa shape index (κ3) is 3.06. The van der Waals surface area contributed by atoms with Crippen molar-refractivity contribution < 1.29 is 9.53 Å². The summed E-state index contributed by atoms with van der Waals surface area (Å²) in [4.78, 5) is 12.1. The molecule has 1 aromatic carbocycles. The van der Waals surface area contributed by atoms with Gasteiger partial charge in [0, 0.05) is 18.5 Å². The van der Waals surface area contributed by atoms with Crippen molar-refractivity contribution >= 4 is 5.91 Å². The highest BCUT2D eigenvalue weighted by Gasteiger charge is 2.20. The lowest BCUT2D eigenvalue weighted by atomic mass is 10.2. The monoisotopic (exact) mass is 281 g/mol. The van der Waals surface area contributed by atoms with Crippen molar-refractivity contribution in [2.75, 3.05) is 13.2 Å². The Balaban J connectivity index is 1.60. The van der Waals surface area contributed by atoms with Gasteiger partial charge in [0.2, 0.25) is 5.88 Å². The minimum Gasteiger partial charge on any atom is -0.477 e. The smallest absolute Gasteiger partial charge is 0.259 e. The summed E-state index contributed by atoms with van der Waals surface area (Å²) in [5.74, 6) is 6.26. The van der Waals surface area contributed by atoms with Gasteiger partial charge in [0.05, 0.1) is 19.3 Å². The number of aromatic nitrogens is 2. The van der Waals surface area contributed by atoms with Crippen molar-refractivity contribution in [1.29, 1.82) is 0 Å². The molecule has 106 valence electrons. The lowest BCUT2D eigenvalue weighted by molar-refractivity contribution is 0.0952. The van der Waals surface area contributed by atoms with Crippen molar-refractivity contribution in [1.82, 2.24) is 15.1 Å². The Labute approximate surface area is 122 Å². The molecular weight excluding hydrogens is 266 g/mol. The van der Waals surface area contributed by atoms with Gasteiger partial charge in [-0.2, -0.15) is 5.10 Å². The van der Waals surface area contributed by atoms with E-state index < -0.39 is 0 Å². The van der Waals surface area contributed by atoms with E-state index in [4.69, 9.17) is 4.74 Å². The van der Waals surface area contributed by atoms with Gasteiger partial charge >= 0.3 is 0 Å². The SMILES string of the molecule is O=C(NCC#Cc1ccccc1)c1cnn2c1OCCC2. The van der Waals surface area contributed by atoms with Crippen LogP contribution in [-0.2, 0) is 6.54 Å². The molecule has 1 amide bonds. The van der Waals surface area contributed by atoms with E-state index in [1.54, 1.807) is 10.9 Å². The molecule has 0 aliphatic carbocycles. The maximum Gasteiger partial charge on any atom is 0.259 e. The largest absolute Gasteiger partial charge is 0.477 e. The third-order valence-corrected chi connectivity index (χ3v) is 3.13. The minimum absolute atomic E-state index is 0.208. The number of amides is 1. The second-order valence-electron chi connectivity index (χ2n) is 4.64. The van der Waals surface area contributed by atoms with E-state index in [2.05, 4.69) is 22.3 Å². The summed E-state index contributed by atoms with van der Waals surface area (Å²) in [6, 6.07) is 9.65. The summed E-state index contributed by atoms with van der Waals surface area (Å²) < 4.78 is 7.21. The zero-order chi connectivity index (χ0) is 14.5. The predicted molar refractivity (Wildman–Crippen MR) is 78.0 cm³/mol. The molecule has 3 rings (SSSR count). The van der Waals surface area contributed by atoms with Crippen molar-refractivity contribution in [3.05, 3.63) is 47.7 Å². The number of hydrogen-bond acceptors (Lipinski definition) is 3. The molecule has 0 radical (unpaired) electrons. The van der Waals surface area contributed by atoms with E-state index in [0.29, 0.717) is 24.6 Å². The van der Waals surface area contributed by atoms with Gasteiger partial charge in [0.1, 0.15) is 5.56 Å². The molecule has 21 heavy (non-hydrogen) atoms. The predicted octanol–water partition coefficient (Wildman–Crippen LogP) is 1.45. The van der Waals surface area contributed by atoms with Crippen LogP contribution in [0.15, 0.2) is 36.5 Å². The Morgan fingerprint density at radius 3 is 3.10 bits per heavy atom. The average Bonchev–Trinajstić information content (AvgIpc) is 2.96. The van der Waals surface area contributed by atoms with Crippen LogP contribution in [0.3, 0.4) is 0 Å². The molecule has 1 N–H and O–H groups in total. The summed E-state index contributed by atoms with van der Waals surface area (Å²) in [5, 5.41) is 6.91. The van der Waals surface area contributed by atoms with Crippen molar-refractivity contribution in [3.8, 4) is 17.7 Å². The van der Waals surface area contributed by atoms with Crippen LogP contribution in [0.25, 0.3) is 0 Å². The maximum absolute atomic E-state index is 12.1. The van der Waals surface area contributed by atoms with Gasteiger partial charge in [-0.05, 0) is 12.1 Å². The highest BCUT2D eigenvalue weighted by atomic mass is 16.5. The molecule has 5 heteroatoms. The molecule has 1 aromatic heterocycles. The molecule has 0 atom stereocenters. The Morgan fingerprint density at radius 2 is 2.24 bits per heavy atom. The first-order valence-corrected chi connectivity index (χ1v) is 6.85.